The smallest absolute Gasteiger partial charge is 0.256 e. The first-order valence-corrected chi connectivity index (χ1v) is 12.3. The number of thioether (sulfide) groups is 1. The third-order valence-electron chi connectivity index (χ3n) is 6.50. The van der Waals surface area contributed by atoms with Gasteiger partial charge in [-0.3, -0.25) is 9.59 Å². The summed E-state index contributed by atoms with van der Waals surface area (Å²) in [6.07, 6.45) is 8.75. The fraction of sp³-hybridized carbons (Fsp3) is 0.458. The predicted molar refractivity (Wildman–Crippen MR) is 122 cm³/mol. The molecule has 3 heterocycles. The highest BCUT2D eigenvalue weighted by Gasteiger charge is 2.36. The lowest BCUT2D eigenvalue weighted by molar-refractivity contribution is -0.113. The normalized spacial score (nSPS) is 21.7. The van der Waals surface area contributed by atoms with E-state index >= 15 is 0 Å². The van der Waals surface area contributed by atoms with Gasteiger partial charge >= 0.3 is 0 Å². The molecule has 0 radical (unpaired) electrons. The topological polar surface area (TPSA) is 80.8 Å². The number of anilines is 1. The Bertz CT molecular complexity index is 1010. The minimum Gasteiger partial charge on any atom is -0.454 e. The molecular weight excluding hydrogens is 426 g/mol. The zero-order valence-corrected chi connectivity index (χ0v) is 18.7. The van der Waals surface area contributed by atoms with Crippen LogP contribution in [0.1, 0.15) is 48.9 Å². The second-order valence-corrected chi connectivity index (χ2v) is 9.48. The van der Waals surface area contributed by atoms with Gasteiger partial charge in [0, 0.05) is 30.5 Å². The Labute approximate surface area is 191 Å². The van der Waals surface area contributed by atoms with Gasteiger partial charge in [0.2, 0.25) is 12.7 Å². The lowest BCUT2D eigenvalue weighted by Gasteiger charge is -2.44. The van der Waals surface area contributed by atoms with Crippen molar-refractivity contribution in [2.45, 2.75) is 49.6 Å². The molecule has 32 heavy (non-hydrogen) atoms. The lowest BCUT2D eigenvalue weighted by Crippen LogP contribution is -2.49. The van der Waals surface area contributed by atoms with Crippen LogP contribution < -0.4 is 14.8 Å². The second-order valence-electron chi connectivity index (χ2n) is 8.51. The van der Waals surface area contributed by atoms with E-state index in [4.69, 9.17) is 9.47 Å². The van der Waals surface area contributed by atoms with Gasteiger partial charge in [0.15, 0.2) is 11.5 Å². The molecule has 5 rings (SSSR count). The summed E-state index contributed by atoms with van der Waals surface area (Å²) in [6, 6.07) is 9.28. The molecular formula is C24H27N3O4S. The molecule has 1 aliphatic carbocycles. The Morgan fingerprint density at radius 1 is 1.09 bits per heavy atom. The van der Waals surface area contributed by atoms with Gasteiger partial charge in [0.1, 0.15) is 5.03 Å². The summed E-state index contributed by atoms with van der Waals surface area (Å²) in [5, 5.41) is 3.48. The van der Waals surface area contributed by atoms with Crippen LogP contribution >= 0.6 is 11.8 Å². The SMILES string of the molecule is O=C(CSc1ncccc1C(=O)N1CCCC2CCCCC21)Nc1ccc2c(c1)OCO2. The maximum absolute atomic E-state index is 13.5. The maximum atomic E-state index is 13.5. The molecule has 2 amide bonds. The van der Waals surface area contributed by atoms with Crippen molar-refractivity contribution in [1.82, 2.24) is 9.88 Å². The number of fused-ring (bicyclic) bond motifs is 2. The molecule has 0 spiro atoms. The third kappa shape index (κ3) is 4.41. The van der Waals surface area contributed by atoms with Crippen molar-refractivity contribution in [3.8, 4) is 11.5 Å². The first-order chi connectivity index (χ1) is 15.7. The largest absolute Gasteiger partial charge is 0.454 e. The van der Waals surface area contributed by atoms with Crippen molar-refractivity contribution in [2.75, 3.05) is 24.4 Å². The zero-order valence-electron chi connectivity index (χ0n) is 17.9. The molecule has 1 N–H and O–H groups in total. The van der Waals surface area contributed by atoms with E-state index in [0.717, 1.165) is 19.4 Å². The third-order valence-corrected chi connectivity index (χ3v) is 7.51. The van der Waals surface area contributed by atoms with E-state index in [9.17, 15) is 9.59 Å². The Kier molecular flexibility index (Phi) is 6.21. The number of nitrogens with one attached hydrogen (secondary N) is 1. The zero-order chi connectivity index (χ0) is 21.9. The fourth-order valence-corrected chi connectivity index (χ4v) is 5.79. The fourth-order valence-electron chi connectivity index (χ4n) is 5.01. The number of amides is 2. The highest BCUT2D eigenvalue weighted by molar-refractivity contribution is 8.00. The van der Waals surface area contributed by atoms with Crippen molar-refractivity contribution in [2.24, 2.45) is 5.92 Å². The van der Waals surface area contributed by atoms with Crippen LogP contribution in [0.5, 0.6) is 11.5 Å². The van der Waals surface area contributed by atoms with E-state index in [-0.39, 0.29) is 24.4 Å². The summed E-state index contributed by atoms with van der Waals surface area (Å²) in [5.74, 6) is 1.97. The number of aromatic nitrogens is 1. The summed E-state index contributed by atoms with van der Waals surface area (Å²) in [6.45, 7) is 1.00. The number of hydrogen-bond donors (Lipinski definition) is 1. The van der Waals surface area contributed by atoms with Crippen LogP contribution in [0.25, 0.3) is 0 Å². The summed E-state index contributed by atoms with van der Waals surface area (Å²) in [7, 11) is 0. The van der Waals surface area contributed by atoms with E-state index in [2.05, 4.69) is 15.2 Å². The van der Waals surface area contributed by atoms with E-state index < -0.39 is 0 Å². The monoisotopic (exact) mass is 453 g/mol. The molecule has 1 saturated carbocycles. The molecule has 2 fully saturated rings. The standard InChI is InChI=1S/C24H27N3O4S/c28-22(26-17-9-10-20-21(13-17)31-15-30-20)14-32-23-18(7-3-11-25-23)24(29)27-12-4-6-16-5-1-2-8-19(16)27/h3,7,9-11,13,16,19H,1-2,4-6,8,12,14-15H2,(H,26,28). The van der Waals surface area contributed by atoms with Gasteiger partial charge in [-0.2, -0.15) is 0 Å². The predicted octanol–water partition coefficient (Wildman–Crippen LogP) is 4.34. The van der Waals surface area contributed by atoms with Crippen molar-refractivity contribution in [3.05, 3.63) is 42.1 Å². The Morgan fingerprint density at radius 3 is 2.88 bits per heavy atom. The molecule has 7 nitrogen and oxygen atoms in total. The molecule has 1 aromatic carbocycles. The Morgan fingerprint density at radius 2 is 1.94 bits per heavy atom. The van der Waals surface area contributed by atoms with Crippen molar-refractivity contribution in [1.29, 1.82) is 0 Å². The Balaban J connectivity index is 1.24. The number of pyridine rings is 1. The molecule has 3 aliphatic rings. The lowest BCUT2D eigenvalue weighted by atomic mass is 9.78. The van der Waals surface area contributed by atoms with Crippen LogP contribution in [-0.2, 0) is 4.79 Å². The number of hydrogen-bond acceptors (Lipinski definition) is 6. The molecule has 8 heteroatoms. The number of piperidine rings is 1. The molecule has 2 unspecified atom stereocenters. The van der Waals surface area contributed by atoms with Crippen LogP contribution in [0, 0.1) is 5.92 Å². The number of benzene rings is 1. The Hall–Kier alpha value is -2.74. The van der Waals surface area contributed by atoms with E-state index in [0.29, 0.717) is 39.7 Å². The van der Waals surface area contributed by atoms with Crippen LogP contribution in [0.2, 0.25) is 0 Å². The number of nitrogens with zero attached hydrogens (tertiary/aromatic N) is 2. The van der Waals surface area contributed by atoms with Gasteiger partial charge in [-0.05, 0) is 55.9 Å². The molecule has 1 saturated heterocycles. The molecule has 2 aromatic rings. The second kappa shape index (κ2) is 9.40. The van der Waals surface area contributed by atoms with Gasteiger partial charge in [-0.15, -0.1) is 0 Å². The highest BCUT2D eigenvalue weighted by Crippen LogP contribution is 2.37. The molecule has 2 aliphatic heterocycles. The maximum Gasteiger partial charge on any atom is 0.256 e. The van der Waals surface area contributed by atoms with Gasteiger partial charge in [0.25, 0.3) is 5.91 Å². The molecule has 1 aromatic heterocycles. The molecule has 0 bridgehead atoms. The summed E-state index contributed by atoms with van der Waals surface area (Å²) in [4.78, 5) is 32.5. The van der Waals surface area contributed by atoms with Gasteiger partial charge in [0.05, 0.1) is 11.3 Å². The summed E-state index contributed by atoms with van der Waals surface area (Å²) in [5.41, 5.74) is 1.24. The number of carbonyl (C=O) groups is 2. The van der Waals surface area contributed by atoms with Crippen LogP contribution in [-0.4, -0.2) is 46.8 Å². The summed E-state index contributed by atoms with van der Waals surface area (Å²) < 4.78 is 10.7. The number of rotatable bonds is 5. The first kappa shape index (κ1) is 21.1. The molecule has 168 valence electrons. The average molecular weight is 454 g/mol. The minimum absolute atomic E-state index is 0.0494. The van der Waals surface area contributed by atoms with Crippen LogP contribution in [0.4, 0.5) is 5.69 Å². The van der Waals surface area contributed by atoms with Crippen molar-refractivity contribution in [3.63, 3.8) is 0 Å². The van der Waals surface area contributed by atoms with Gasteiger partial charge in [-0.1, -0.05) is 24.6 Å². The number of ether oxygens (including phenoxy) is 2. The van der Waals surface area contributed by atoms with Gasteiger partial charge in [-0.25, -0.2) is 4.98 Å². The average Bonchev–Trinajstić information content (AvgIpc) is 3.30. The molecule has 2 atom stereocenters. The number of likely N-dealkylation sites (tertiary alicyclic amines) is 1. The number of carbonyl (C=O) groups excluding carboxylic acids is 2. The summed E-state index contributed by atoms with van der Waals surface area (Å²) >= 11 is 1.29. The minimum atomic E-state index is -0.164. The van der Waals surface area contributed by atoms with E-state index in [1.54, 1.807) is 30.5 Å². The highest BCUT2D eigenvalue weighted by atomic mass is 32.2. The van der Waals surface area contributed by atoms with Crippen LogP contribution in [0.15, 0.2) is 41.6 Å². The van der Waals surface area contributed by atoms with Gasteiger partial charge < -0.3 is 19.7 Å². The van der Waals surface area contributed by atoms with Crippen LogP contribution in [0.3, 0.4) is 0 Å². The van der Waals surface area contributed by atoms with Crippen molar-refractivity contribution < 1.29 is 19.1 Å². The van der Waals surface area contributed by atoms with E-state index in [1.807, 2.05) is 6.07 Å². The quantitative estimate of drug-likeness (QED) is 0.679. The van der Waals surface area contributed by atoms with E-state index in [1.165, 1.54) is 37.4 Å². The first-order valence-electron chi connectivity index (χ1n) is 11.3. The van der Waals surface area contributed by atoms with Crippen molar-refractivity contribution >= 4 is 29.3 Å².